The smallest absolute Gasteiger partial charge is 0.342 e. The van der Waals surface area contributed by atoms with E-state index in [0.29, 0.717) is 23.4 Å². The number of aryl methyl sites for hydroxylation is 1. The first kappa shape index (κ1) is 17.7. The number of aromatic nitrogens is 2. The number of benzene rings is 1. The SMILES string of the molecule is CCN(Cc1cccc(F)c1)C(=O)COC(=O)c1cnn(C)c1C. The highest BCUT2D eigenvalue weighted by atomic mass is 19.1. The number of halogens is 1. The van der Waals surface area contributed by atoms with Gasteiger partial charge in [0.2, 0.25) is 0 Å². The summed E-state index contributed by atoms with van der Waals surface area (Å²) in [4.78, 5) is 25.7. The van der Waals surface area contributed by atoms with E-state index in [0.717, 1.165) is 0 Å². The van der Waals surface area contributed by atoms with Crippen LogP contribution in [0.25, 0.3) is 0 Å². The molecule has 24 heavy (non-hydrogen) atoms. The van der Waals surface area contributed by atoms with Crippen molar-refractivity contribution in [2.45, 2.75) is 20.4 Å². The van der Waals surface area contributed by atoms with E-state index in [-0.39, 0.29) is 24.9 Å². The van der Waals surface area contributed by atoms with E-state index in [1.807, 2.05) is 6.92 Å². The molecule has 0 unspecified atom stereocenters. The van der Waals surface area contributed by atoms with E-state index in [2.05, 4.69) is 5.10 Å². The lowest BCUT2D eigenvalue weighted by Crippen LogP contribution is -2.34. The van der Waals surface area contributed by atoms with Crippen LogP contribution in [0.2, 0.25) is 0 Å². The summed E-state index contributed by atoms with van der Waals surface area (Å²) in [5.41, 5.74) is 1.68. The highest BCUT2D eigenvalue weighted by molar-refractivity contribution is 5.92. The van der Waals surface area contributed by atoms with Crippen molar-refractivity contribution in [1.29, 1.82) is 0 Å². The molecule has 128 valence electrons. The summed E-state index contributed by atoms with van der Waals surface area (Å²) in [7, 11) is 1.72. The molecule has 0 saturated carbocycles. The van der Waals surface area contributed by atoms with Crippen molar-refractivity contribution in [3.63, 3.8) is 0 Å². The maximum absolute atomic E-state index is 13.2. The van der Waals surface area contributed by atoms with Crippen molar-refractivity contribution in [3.8, 4) is 0 Å². The highest BCUT2D eigenvalue weighted by Gasteiger charge is 2.18. The number of carbonyl (C=O) groups is 2. The van der Waals surface area contributed by atoms with Crippen LogP contribution in [0, 0.1) is 12.7 Å². The van der Waals surface area contributed by atoms with Crippen LogP contribution in [0.3, 0.4) is 0 Å². The van der Waals surface area contributed by atoms with Crippen LogP contribution < -0.4 is 0 Å². The summed E-state index contributed by atoms with van der Waals surface area (Å²) in [5, 5.41) is 3.96. The molecule has 0 atom stereocenters. The van der Waals surface area contributed by atoms with Gasteiger partial charge in [-0.25, -0.2) is 9.18 Å². The van der Waals surface area contributed by atoms with Crippen molar-refractivity contribution in [1.82, 2.24) is 14.7 Å². The van der Waals surface area contributed by atoms with Gasteiger partial charge in [0, 0.05) is 25.8 Å². The summed E-state index contributed by atoms with van der Waals surface area (Å²) in [5.74, 6) is -1.28. The number of hydrogen-bond donors (Lipinski definition) is 0. The second kappa shape index (κ2) is 7.72. The highest BCUT2D eigenvalue weighted by Crippen LogP contribution is 2.10. The first-order valence-corrected chi connectivity index (χ1v) is 7.60. The lowest BCUT2D eigenvalue weighted by Gasteiger charge is -2.20. The summed E-state index contributed by atoms with van der Waals surface area (Å²) >= 11 is 0. The first-order chi connectivity index (χ1) is 11.4. The molecule has 0 N–H and O–H groups in total. The maximum Gasteiger partial charge on any atom is 0.342 e. The van der Waals surface area contributed by atoms with Gasteiger partial charge in [0.05, 0.1) is 6.20 Å². The number of amides is 1. The third-order valence-electron chi connectivity index (χ3n) is 3.78. The molecule has 1 amide bonds. The molecular weight excluding hydrogens is 313 g/mol. The second-order valence-electron chi connectivity index (χ2n) is 5.38. The van der Waals surface area contributed by atoms with Crippen molar-refractivity contribution in [2.75, 3.05) is 13.2 Å². The molecule has 6 nitrogen and oxygen atoms in total. The largest absolute Gasteiger partial charge is 0.452 e. The summed E-state index contributed by atoms with van der Waals surface area (Å²) in [6, 6.07) is 6.05. The third kappa shape index (κ3) is 4.18. The topological polar surface area (TPSA) is 64.4 Å². The molecule has 0 spiro atoms. The van der Waals surface area contributed by atoms with Gasteiger partial charge in [0.1, 0.15) is 11.4 Å². The van der Waals surface area contributed by atoms with Gasteiger partial charge in [-0.1, -0.05) is 12.1 Å². The van der Waals surface area contributed by atoms with Gasteiger partial charge in [0.15, 0.2) is 6.61 Å². The zero-order valence-electron chi connectivity index (χ0n) is 14.0. The minimum atomic E-state index is -0.587. The number of carbonyl (C=O) groups excluding carboxylic acids is 2. The van der Waals surface area contributed by atoms with E-state index in [1.54, 1.807) is 30.8 Å². The monoisotopic (exact) mass is 333 g/mol. The van der Waals surface area contributed by atoms with Crippen molar-refractivity contribution < 1.29 is 18.7 Å². The molecule has 0 aliphatic heterocycles. The molecule has 1 heterocycles. The number of ether oxygens (including phenoxy) is 1. The normalized spacial score (nSPS) is 10.5. The lowest BCUT2D eigenvalue weighted by atomic mass is 10.2. The van der Waals surface area contributed by atoms with Crippen molar-refractivity contribution in [2.24, 2.45) is 7.05 Å². The molecule has 0 fully saturated rings. The summed E-state index contributed by atoms with van der Waals surface area (Å²) in [6.45, 7) is 3.88. The number of esters is 1. The Hall–Kier alpha value is -2.70. The van der Waals surface area contributed by atoms with Crippen LogP contribution in [-0.4, -0.2) is 39.7 Å². The van der Waals surface area contributed by atoms with Crippen LogP contribution in [0.4, 0.5) is 4.39 Å². The Morgan fingerprint density at radius 1 is 1.38 bits per heavy atom. The summed E-state index contributed by atoms with van der Waals surface area (Å²) in [6.07, 6.45) is 1.41. The first-order valence-electron chi connectivity index (χ1n) is 7.60. The van der Waals surface area contributed by atoms with Gasteiger partial charge in [-0.3, -0.25) is 9.48 Å². The molecule has 0 saturated heterocycles. The molecule has 0 aliphatic carbocycles. The molecule has 1 aromatic heterocycles. The molecule has 7 heteroatoms. The van der Waals surface area contributed by atoms with E-state index < -0.39 is 5.97 Å². The quantitative estimate of drug-likeness (QED) is 0.759. The maximum atomic E-state index is 13.2. The van der Waals surface area contributed by atoms with Gasteiger partial charge in [-0.05, 0) is 31.5 Å². The van der Waals surface area contributed by atoms with Crippen molar-refractivity contribution in [3.05, 3.63) is 53.1 Å². The Balaban J connectivity index is 1.94. The molecule has 2 rings (SSSR count). The van der Waals surface area contributed by atoms with Gasteiger partial charge >= 0.3 is 5.97 Å². The Labute approximate surface area is 139 Å². The van der Waals surface area contributed by atoms with E-state index >= 15 is 0 Å². The van der Waals surface area contributed by atoms with E-state index in [1.165, 1.54) is 23.2 Å². The Kier molecular flexibility index (Phi) is 5.68. The molecule has 0 bridgehead atoms. The third-order valence-corrected chi connectivity index (χ3v) is 3.78. The van der Waals surface area contributed by atoms with E-state index in [9.17, 15) is 14.0 Å². The number of likely N-dealkylation sites (N-methyl/N-ethyl adjacent to an activating group) is 1. The average molecular weight is 333 g/mol. The average Bonchev–Trinajstić information content (AvgIpc) is 2.89. The molecule has 0 aliphatic rings. The van der Waals surface area contributed by atoms with Crippen LogP contribution in [0.15, 0.2) is 30.5 Å². The number of rotatable bonds is 6. The van der Waals surface area contributed by atoms with Crippen LogP contribution in [-0.2, 0) is 23.1 Å². The summed E-state index contributed by atoms with van der Waals surface area (Å²) < 4.78 is 19.9. The van der Waals surface area contributed by atoms with Gasteiger partial charge < -0.3 is 9.64 Å². The lowest BCUT2D eigenvalue weighted by molar-refractivity contribution is -0.134. The predicted octanol–water partition coefficient (Wildman–Crippen LogP) is 2.07. The Morgan fingerprint density at radius 3 is 2.71 bits per heavy atom. The van der Waals surface area contributed by atoms with Crippen LogP contribution in [0.1, 0.15) is 28.5 Å². The molecule has 0 radical (unpaired) electrons. The fourth-order valence-corrected chi connectivity index (χ4v) is 2.23. The Morgan fingerprint density at radius 2 is 2.12 bits per heavy atom. The number of hydrogen-bond acceptors (Lipinski definition) is 4. The van der Waals surface area contributed by atoms with E-state index in [4.69, 9.17) is 4.74 Å². The Bertz CT molecular complexity index is 742. The molecule has 2 aromatic rings. The zero-order valence-corrected chi connectivity index (χ0v) is 14.0. The van der Waals surface area contributed by atoms with Crippen molar-refractivity contribution >= 4 is 11.9 Å². The fraction of sp³-hybridized carbons (Fsp3) is 0.353. The molecular formula is C17H20FN3O3. The molecule has 1 aromatic carbocycles. The standard InChI is InChI=1S/C17H20FN3O3/c1-4-21(10-13-6-5-7-14(18)8-13)16(22)11-24-17(23)15-9-19-20(3)12(15)2/h5-9H,4,10-11H2,1-3H3. The predicted molar refractivity (Wildman–Crippen MR) is 85.7 cm³/mol. The van der Waals surface area contributed by atoms with Gasteiger partial charge in [0.25, 0.3) is 5.91 Å². The van der Waals surface area contributed by atoms with Gasteiger partial charge in [-0.2, -0.15) is 5.10 Å². The minimum absolute atomic E-state index is 0.260. The van der Waals surface area contributed by atoms with Crippen LogP contribution >= 0.6 is 0 Å². The minimum Gasteiger partial charge on any atom is -0.452 e. The zero-order chi connectivity index (χ0) is 17.7. The van der Waals surface area contributed by atoms with Crippen LogP contribution in [0.5, 0.6) is 0 Å². The second-order valence-corrected chi connectivity index (χ2v) is 5.38. The number of nitrogens with zero attached hydrogens (tertiary/aromatic N) is 3. The van der Waals surface area contributed by atoms with Gasteiger partial charge in [-0.15, -0.1) is 0 Å². The fourth-order valence-electron chi connectivity index (χ4n) is 2.23.